The maximum absolute atomic E-state index is 15.0. The molecule has 0 aromatic heterocycles. The van der Waals surface area contributed by atoms with Gasteiger partial charge in [0.25, 0.3) is 5.91 Å². The zero-order chi connectivity index (χ0) is 39.3. The summed E-state index contributed by atoms with van der Waals surface area (Å²) < 4.78 is 0. The van der Waals surface area contributed by atoms with Gasteiger partial charge in [0, 0.05) is 24.5 Å². The van der Waals surface area contributed by atoms with Gasteiger partial charge in [-0.3, -0.25) is 28.8 Å². The molecule has 2 heterocycles. The fraction of sp³-hybridized carbons (Fsp3) is 0.854. The van der Waals surface area contributed by atoms with E-state index in [1.165, 1.54) is 0 Å². The molecule has 53 heavy (non-hydrogen) atoms. The van der Waals surface area contributed by atoms with Crippen molar-refractivity contribution < 1.29 is 28.8 Å². The number of hydrogen-bond donors (Lipinski definition) is 4. The van der Waals surface area contributed by atoms with Crippen LogP contribution in [0.15, 0.2) is 0 Å². The number of amides is 5. The predicted molar refractivity (Wildman–Crippen MR) is 203 cm³/mol. The summed E-state index contributed by atoms with van der Waals surface area (Å²) in [5, 5.41) is 11.8. The molecule has 0 aromatic carbocycles. The number of nitrogens with zero attached hydrogens (tertiary/aromatic N) is 2. The van der Waals surface area contributed by atoms with Gasteiger partial charge in [0.1, 0.15) is 18.1 Å². The zero-order valence-corrected chi connectivity index (χ0v) is 34.2. The second kappa shape index (κ2) is 14.9. The van der Waals surface area contributed by atoms with Crippen LogP contribution in [0, 0.1) is 33.0 Å². The van der Waals surface area contributed by atoms with Crippen LogP contribution in [0.2, 0.25) is 0 Å². The predicted octanol–water partition coefficient (Wildman–Crippen LogP) is 3.71. The first-order chi connectivity index (χ1) is 24.6. The van der Waals surface area contributed by atoms with Gasteiger partial charge in [-0.15, -0.1) is 0 Å². The Hall–Kier alpha value is -3.02. The van der Waals surface area contributed by atoms with Crippen molar-refractivity contribution in [2.75, 3.05) is 26.2 Å². The molecule has 5 rings (SSSR count). The van der Waals surface area contributed by atoms with E-state index in [9.17, 15) is 28.8 Å². The third kappa shape index (κ3) is 7.77. The van der Waals surface area contributed by atoms with Crippen LogP contribution in [0.1, 0.15) is 133 Å². The second-order valence-corrected chi connectivity index (χ2v) is 19.6. The minimum absolute atomic E-state index is 0.0115. The maximum Gasteiger partial charge on any atom is 0.289 e. The number of carbonyl (C=O) groups excluding carboxylic acids is 6. The Morgan fingerprint density at radius 3 is 1.94 bits per heavy atom. The molecule has 0 bridgehead atoms. The van der Waals surface area contributed by atoms with Crippen molar-refractivity contribution in [2.24, 2.45) is 33.0 Å². The van der Waals surface area contributed by atoms with Gasteiger partial charge in [-0.1, -0.05) is 82.1 Å². The normalized spacial score (nSPS) is 28.0. The van der Waals surface area contributed by atoms with Crippen molar-refractivity contribution in [3.63, 3.8) is 0 Å². The molecule has 5 amide bonds. The molecule has 2 aliphatic heterocycles. The molecular formula is C41H68N6O6. The van der Waals surface area contributed by atoms with E-state index in [-0.39, 0.29) is 40.0 Å². The molecular weight excluding hydrogens is 672 g/mol. The molecule has 0 aromatic rings. The summed E-state index contributed by atoms with van der Waals surface area (Å²) >= 11 is 0. The lowest BCUT2D eigenvalue weighted by Crippen LogP contribution is -2.63. The number of nitrogens with one attached hydrogen (secondary N) is 4. The molecule has 3 aliphatic carbocycles. The third-order valence-corrected chi connectivity index (χ3v) is 13.9. The van der Waals surface area contributed by atoms with E-state index in [0.29, 0.717) is 32.4 Å². The summed E-state index contributed by atoms with van der Waals surface area (Å²) in [6.45, 7) is 22.7. The number of piperidine rings is 1. The largest absolute Gasteiger partial charge is 0.347 e. The highest BCUT2D eigenvalue weighted by molar-refractivity contribution is 6.38. The summed E-state index contributed by atoms with van der Waals surface area (Å²) in [5.74, 6) is -2.94. The van der Waals surface area contributed by atoms with Crippen LogP contribution in [-0.2, 0) is 28.8 Å². The standard InChI is InChI=1S/C41H68N6O6/c1-11-15-27(29(48)34(51)42-26-17-18-26)43-33(50)28-22-41(39(9,10)40(41)19-14-20-40)24-47(28)36(53)31(38(6,7)8)45-35(52)30(37(3,4)5)44-32(49)25-16-13-21-46(12-2)23-25/h25-28,30-31H,11-24H2,1-10H3,(H,42,51)(H,43,50)(H,44,49)(H,45,52)/t25-,27-,28-,30+,31+,41+/m0/s1. The average Bonchev–Trinajstić information content (AvgIpc) is 3.89. The van der Waals surface area contributed by atoms with Crippen LogP contribution in [0.25, 0.3) is 0 Å². The Morgan fingerprint density at radius 1 is 0.792 bits per heavy atom. The van der Waals surface area contributed by atoms with Crippen molar-refractivity contribution >= 4 is 35.3 Å². The van der Waals surface area contributed by atoms with E-state index in [4.69, 9.17) is 0 Å². The average molecular weight is 741 g/mol. The quantitative estimate of drug-likeness (QED) is 0.210. The van der Waals surface area contributed by atoms with Crippen molar-refractivity contribution in [2.45, 2.75) is 164 Å². The molecule has 5 aliphatic rings. The van der Waals surface area contributed by atoms with Gasteiger partial charge in [-0.2, -0.15) is 0 Å². The Kier molecular flexibility index (Phi) is 11.6. The highest BCUT2D eigenvalue weighted by Crippen LogP contribution is 2.88. The Bertz CT molecular complexity index is 1450. The van der Waals surface area contributed by atoms with Crippen LogP contribution in [0.3, 0.4) is 0 Å². The monoisotopic (exact) mass is 741 g/mol. The first kappa shape index (κ1) is 41.1. The molecule has 298 valence electrons. The van der Waals surface area contributed by atoms with Crippen LogP contribution in [0.4, 0.5) is 0 Å². The first-order valence-corrected chi connectivity index (χ1v) is 20.4. The van der Waals surface area contributed by atoms with E-state index < -0.39 is 58.5 Å². The first-order valence-electron chi connectivity index (χ1n) is 20.4. The summed E-state index contributed by atoms with van der Waals surface area (Å²) in [6, 6.07) is -3.74. The summed E-state index contributed by atoms with van der Waals surface area (Å²) in [7, 11) is 0. The molecule has 0 unspecified atom stereocenters. The number of ketones is 1. The van der Waals surface area contributed by atoms with E-state index in [1.54, 1.807) is 4.90 Å². The molecule has 6 atom stereocenters. The van der Waals surface area contributed by atoms with E-state index >= 15 is 0 Å². The minimum atomic E-state index is -0.996. The Morgan fingerprint density at radius 2 is 1.43 bits per heavy atom. The number of hydrogen-bond acceptors (Lipinski definition) is 7. The molecule has 4 N–H and O–H groups in total. The van der Waals surface area contributed by atoms with Crippen molar-refractivity contribution in [1.82, 2.24) is 31.1 Å². The summed E-state index contributed by atoms with van der Waals surface area (Å²) in [6.07, 6.45) is 7.91. The van der Waals surface area contributed by atoms with Crippen molar-refractivity contribution in [3.05, 3.63) is 0 Å². The van der Waals surface area contributed by atoms with Crippen LogP contribution >= 0.6 is 0 Å². The maximum atomic E-state index is 15.0. The molecule has 3 saturated carbocycles. The number of fused-ring (bicyclic) bond motifs is 1. The highest BCUT2D eigenvalue weighted by Gasteiger charge is 2.85. The third-order valence-electron chi connectivity index (χ3n) is 13.9. The number of rotatable bonds is 13. The number of Topliss-reactive ketones (excluding diaryl/α,β-unsaturated/α-hetero) is 1. The van der Waals surface area contributed by atoms with Crippen LogP contribution in [0.5, 0.6) is 0 Å². The van der Waals surface area contributed by atoms with Gasteiger partial charge in [-0.25, -0.2) is 0 Å². The molecule has 12 heteroatoms. The number of likely N-dealkylation sites (tertiary alicyclic amines) is 2. The lowest BCUT2D eigenvalue weighted by atomic mass is 9.73. The zero-order valence-electron chi connectivity index (χ0n) is 34.2. The second-order valence-electron chi connectivity index (χ2n) is 19.6. The van der Waals surface area contributed by atoms with E-state index in [2.05, 4.69) is 46.9 Å². The van der Waals surface area contributed by atoms with E-state index in [0.717, 1.165) is 58.0 Å². The van der Waals surface area contributed by atoms with Crippen molar-refractivity contribution in [1.29, 1.82) is 0 Å². The summed E-state index contributed by atoms with van der Waals surface area (Å²) in [4.78, 5) is 87.2. The lowest BCUT2D eigenvalue weighted by molar-refractivity contribution is -0.146. The Balaban J connectivity index is 1.39. The topological polar surface area (TPSA) is 157 Å². The van der Waals surface area contributed by atoms with Gasteiger partial charge in [0.05, 0.1) is 12.0 Å². The fourth-order valence-electron chi connectivity index (χ4n) is 10.1. The van der Waals surface area contributed by atoms with Gasteiger partial charge in [0.2, 0.25) is 29.4 Å². The van der Waals surface area contributed by atoms with Gasteiger partial charge in [0.15, 0.2) is 0 Å². The summed E-state index contributed by atoms with van der Waals surface area (Å²) in [5.41, 5.74) is -1.72. The highest BCUT2D eigenvalue weighted by atomic mass is 16.2. The molecule has 5 fully saturated rings. The molecule has 2 saturated heterocycles. The number of carbonyl (C=O) groups is 6. The van der Waals surface area contributed by atoms with Gasteiger partial charge < -0.3 is 31.1 Å². The smallest absolute Gasteiger partial charge is 0.289 e. The fourth-order valence-corrected chi connectivity index (χ4v) is 10.1. The SMILES string of the molecule is CCC[C@H](NC(=O)[C@@H]1C[C@@]2(CN1C(=O)[C@@H](NC(=O)[C@@H](NC(=O)[C@H]1CCCN(CC)C1)C(C)(C)C)C(C)(C)C)C(C)(C)C21CCC1)C(=O)C(=O)NC1CC1. The molecule has 0 radical (unpaired) electrons. The van der Waals surface area contributed by atoms with E-state index in [1.807, 2.05) is 48.5 Å². The Labute approximate surface area is 317 Å². The van der Waals surface area contributed by atoms with Crippen molar-refractivity contribution in [3.8, 4) is 0 Å². The molecule has 2 spiro atoms. The van der Waals surface area contributed by atoms with Gasteiger partial charge in [-0.05, 0) is 86.1 Å². The lowest BCUT2D eigenvalue weighted by Gasteiger charge is -2.39. The van der Waals surface area contributed by atoms with Gasteiger partial charge >= 0.3 is 0 Å². The van der Waals surface area contributed by atoms with Crippen LogP contribution < -0.4 is 21.3 Å². The van der Waals surface area contributed by atoms with Crippen LogP contribution in [-0.4, -0.2) is 102 Å². The molecule has 12 nitrogen and oxygen atoms in total. The minimum Gasteiger partial charge on any atom is -0.347 e.